The summed E-state index contributed by atoms with van der Waals surface area (Å²) in [5, 5.41) is 0. The third-order valence-electron chi connectivity index (χ3n) is 3.63. The number of primary amides is 1. The van der Waals surface area contributed by atoms with Crippen LogP contribution in [-0.4, -0.2) is 36.3 Å². The molecule has 0 saturated carbocycles. The first kappa shape index (κ1) is 16.4. The molecule has 1 aromatic carbocycles. The molecule has 1 amide bonds. The van der Waals surface area contributed by atoms with Crippen LogP contribution < -0.4 is 10.5 Å². The van der Waals surface area contributed by atoms with E-state index in [4.69, 9.17) is 10.5 Å². The van der Waals surface area contributed by atoms with E-state index in [1.807, 2.05) is 30.3 Å². The molecule has 2 heterocycles. The number of amides is 1. The number of nitrogens with two attached hydrogens (primary N) is 1. The first-order valence-corrected chi connectivity index (χ1v) is 7.84. The van der Waals surface area contributed by atoms with Crippen LogP contribution in [-0.2, 0) is 4.79 Å². The summed E-state index contributed by atoms with van der Waals surface area (Å²) in [7, 11) is 0. The third kappa shape index (κ3) is 4.32. The maximum absolute atomic E-state index is 11.5. The minimum atomic E-state index is -0.611. The van der Waals surface area contributed by atoms with Crippen LogP contribution >= 0.6 is 0 Å². The zero-order chi connectivity index (χ0) is 17.5. The second-order valence-electron chi connectivity index (χ2n) is 5.35. The van der Waals surface area contributed by atoms with E-state index >= 15 is 0 Å². The van der Waals surface area contributed by atoms with E-state index in [9.17, 15) is 4.79 Å². The van der Waals surface area contributed by atoms with Crippen molar-refractivity contribution < 1.29 is 9.53 Å². The predicted octanol–water partition coefficient (Wildman–Crippen LogP) is 2.16. The number of para-hydroxylation sites is 1. The highest BCUT2D eigenvalue weighted by atomic mass is 16.5. The Morgan fingerprint density at radius 3 is 3.00 bits per heavy atom. The van der Waals surface area contributed by atoms with Crippen LogP contribution in [0.4, 0.5) is 0 Å². The Morgan fingerprint density at radius 2 is 2.12 bits per heavy atom. The molecule has 0 spiro atoms. The number of aliphatic imine (C=N–C) groups is 2. The van der Waals surface area contributed by atoms with Crippen molar-refractivity contribution in [2.75, 3.05) is 13.1 Å². The predicted molar refractivity (Wildman–Crippen MR) is 98.4 cm³/mol. The van der Waals surface area contributed by atoms with Gasteiger partial charge in [-0.05, 0) is 30.4 Å². The lowest BCUT2D eigenvalue weighted by Gasteiger charge is -2.17. The van der Waals surface area contributed by atoms with Crippen LogP contribution in [0.2, 0.25) is 0 Å². The molecule has 0 aliphatic carbocycles. The minimum Gasteiger partial charge on any atom is -0.462 e. The number of hydrogen-bond donors (Lipinski definition) is 1. The summed E-state index contributed by atoms with van der Waals surface area (Å²) < 4.78 is 5.83. The minimum absolute atomic E-state index is 0.137. The molecular formula is C19H18N4O2. The van der Waals surface area contributed by atoms with Crippen LogP contribution in [0.1, 0.15) is 5.56 Å². The largest absolute Gasteiger partial charge is 0.462 e. The summed E-state index contributed by atoms with van der Waals surface area (Å²) in [5.74, 6) is 0.0300. The lowest BCUT2D eigenvalue weighted by atomic mass is 10.2. The van der Waals surface area contributed by atoms with E-state index in [1.165, 1.54) is 6.08 Å². The molecule has 2 aliphatic rings. The van der Waals surface area contributed by atoms with Crippen molar-refractivity contribution in [3.05, 3.63) is 78.0 Å². The number of allylic oxidation sites excluding steroid dienone is 3. The number of hydrogen-bond acceptors (Lipinski definition) is 5. The lowest BCUT2D eigenvalue weighted by molar-refractivity contribution is -0.114. The molecule has 3 rings (SSSR count). The van der Waals surface area contributed by atoms with Crippen LogP contribution in [0.5, 0.6) is 5.75 Å². The number of rotatable bonds is 1. The number of ether oxygens (including phenoxy) is 1. The van der Waals surface area contributed by atoms with Gasteiger partial charge >= 0.3 is 0 Å². The number of fused-ring (bicyclic) bond motifs is 2. The Balaban J connectivity index is 1.98. The molecule has 6 heteroatoms. The Hall–Kier alpha value is -3.41. The lowest BCUT2D eigenvalue weighted by Crippen LogP contribution is -2.21. The summed E-state index contributed by atoms with van der Waals surface area (Å²) in [5.41, 5.74) is 7.21. The van der Waals surface area contributed by atoms with Crippen molar-refractivity contribution in [3.63, 3.8) is 0 Å². The van der Waals surface area contributed by atoms with E-state index in [0.29, 0.717) is 12.3 Å². The zero-order valence-electron chi connectivity index (χ0n) is 13.6. The summed E-state index contributed by atoms with van der Waals surface area (Å²) in [6.07, 6.45) is 13.9. The second-order valence-corrected chi connectivity index (χ2v) is 5.35. The Labute approximate surface area is 146 Å². The van der Waals surface area contributed by atoms with E-state index < -0.39 is 5.91 Å². The number of benzene rings is 1. The zero-order valence-corrected chi connectivity index (χ0v) is 13.6. The topological polar surface area (TPSA) is 80.3 Å². The van der Waals surface area contributed by atoms with Gasteiger partial charge in [-0.1, -0.05) is 18.2 Å². The van der Waals surface area contributed by atoms with E-state index in [1.54, 1.807) is 31.0 Å². The molecule has 126 valence electrons. The number of carbonyl (C=O) groups excluding carboxylic acids is 1. The van der Waals surface area contributed by atoms with Gasteiger partial charge in [0.15, 0.2) is 0 Å². The molecule has 25 heavy (non-hydrogen) atoms. The summed E-state index contributed by atoms with van der Waals surface area (Å²) in [4.78, 5) is 22.0. The van der Waals surface area contributed by atoms with Crippen LogP contribution in [0.25, 0.3) is 0 Å². The number of carbonyl (C=O) groups is 1. The van der Waals surface area contributed by atoms with Gasteiger partial charge in [-0.3, -0.25) is 14.8 Å². The smallest absolute Gasteiger partial charge is 0.267 e. The molecular weight excluding hydrogens is 316 g/mol. The van der Waals surface area contributed by atoms with E-state index in [2.05, 4.69) is 21.0 Å². The second kappa shape index (κ2) is 7.92. The maximum Gasteiger partial charge on any atom is 0.267 e. The molecule has 0 unspecified atom stereocenters. The Morgan fingerprint density at radius 1 is 1.24 bits per heavy atom. The molecule has 1 aromatic rings. The highest BCUT2D eigenvalue weighted by molar-refractivity contribution is 5.95. The van der Waals surface area contributed by atoms with Gasteiger partial charge in [-0.25, -0.2) is 0 Å². The van der Waals surface area contributed by atoms with Crippen molar-refractivity contribution in [1.82, 2.24) is 4.90 Å². The van der Waals surface area contributed by atoms with Gasteiger partial charge in [0, 0.05) is 30.7 Å². The third-order valence-corrected chi connectivity index (χ3v) is 3.63. The molecule has 2 aliphatic heterocycles. The monoisotopic (exact) mass is 334 g/mol. The number of nitrogens with zero attached hydrogens (tertiary/aromatic N) is 3. The van der Waals surface area contributed by atoms with Gasteiger partial charge in [0.2, 0.25) is 0 Å². The average molecular weight is 334 g/mol. The maximum atomic E-state index is 11.5. The van der Waals surface area contributed by atoms with Gasteiger partial charge in [-0.15, -0.1) is 0 Å². The van der Waals surface area contributed by atoms with E-state index in [-0.39, 0.29) is 5.70 Å². The van der Waals surface area contributed by atoms with Gasteiger partial charge in [-0.2, -0.15) is 0 Å². The van der Waals surface area contributed by atoms with Gasteiger partial charge in [0.25, 0.3) is 5.91 Å². The molecule has 6 nitrogen and oxygen atoms in total. The standard InChI is InChI=1S/C19H18N4O2/c20-19(24)17-7-3-9-21-10-12-23-11-4-6-16(23)14-25-18-8-2-1-5-15(18)13-22-17/h1-10,13-14H,11-12H2,(H2,20,24)/b9-3-,16-14-,17-7+,21-10+,22-13+. The van der Waals surface area contributed by atoms with E-state index in [0.717, 1.165) is 17.8 Å². The molecule has 0 fully saturated rings. The SMILES string of the molecule is NC(=O)C1=C\C=C/N=C/CN2CC=C/C2=C/Oc2ccccc2\C=N\1. The molecule has 0 radical (unpaired) electrons. The van der Waals surface area contributed by atoms with Crippen molar-refractivity contribution in [1.29, 1.82) is 0 Å². The highest BCUT2D eigenvalue weighted by Gasteiger charge is 2.11. The van der Waals surface area contributed by atoms with Crippen molar-refractivity contribution >= 4 is 18.3 Å². The normalized spacial score (nSPS) is 24.9. The Kier molecular flexibility index (Phi) is 5.21. The molecule has 0 atom stereocenters. The molecule has 0 bridgehead atoms. The summed E-state index contributed by atoms with van der Waals surface area (Å²) in [6.45, 7) is 1.46. The molecule has 0 saturated heterocycles. The van der Waals surface area contributed by atoms with Crippen molar-refractivity contribution in [2.45, 2.75) is 0 Å². The van der Waals surface area contributed by atoms with Crippen molar-refractivity contribution in [3.8, 4) is 5.75 Å². The fraction of sp³-hybridized carbons (Fsp3) is 0.105. The Bertz CT molecular complexity index is 832. The highest BCUT2D eigenvalue weighted by Crippen LogP contribution is 2.19. The first-order valence-electron chi connectivity index (χ1n) is 7.84. The van der Waals surface area contributed by atoms with Crippen LogP contribution in [0, 0.1) is 0 Å². The molecule has 0 aromatic heterocycles. The quantitative estimate of drug-likeness (QED) is 0.854. The average Bonchev–Trinajstić information content (AvgIpc) is 3.05. The summed E-state index contributed by atoms with van der Waals surface area (Å²) >= 11 is 0. The van der Waals surface area contributed by atoms with Gasteiger partial charge < -0.3 is 15.4 Å². The molecule has 2 N–H and O–H groups in total. The fourth-order valence-corrected chi connectivity index (χ4v) is 2.34. The summed E-state index contributed by atoms with van der Waals surface area (Å²) in [6, 6.07) is 7.45. The van der Waals surface area contributed by atoms with Crippen LogP contribution in [0.15, 0.2) is 82.4 Å². The van der Waals surface area contributed by atoms with Crippen LogP contribution in [0.3, 0.4) is 0 Å². The van der Waals surface area contributed by atoms with Crippen molar-refractivity contribution in [2.24, 2.45) is 15.7 Å². The van der Waals surface area contributed by atoms with Gasteiger partial charge in [0.05, 0.1) is 12.2 Å². The fourth-order valence-electron chi connectivity index (χ4n) is 2.34. The van der Waals surface area contributed by atoms with Gasteiger partial charge in [0.1, 0.15) is 17.7 Å². The first-order chi connectivity index (χ1) is 12.2.